The minimum absolute atomic E-state index is 0.0916. The van der Waals surface area contributed by atoms with E-state index in [0.29, 0.717) is 11.8 Å². The second-order valence-electron chi connectivity index (χ2n) is 6.23. The number of rotatable bonds is 5. The molecule has 0 bridgehead atoms. The van der Waals surface area contributed by atoms with Crippen molar-refractivity contribution in [1.82, 2.24) is 0 Å². The Hall–Kier alpha value is -1.11. The van der Waals surface area contributed by atoms with E-state index in [2.05, 4.69) is 38.1 Å². The monoisotopic (exact) mass is 244 g/mol. The first-order valence-electron chi connectivity index (χ1n) is 7.16. The van der Waals surface area contributed by atoms with Gasteiger partial charge in [-0.3, -0.25) is 0 Å². The van der Waals surface area contributed by atoms with Gasteiger partial charge < -0.3 is 4.79 Å². The highest BCUT2D eigenvalue weighted by atomic mass is 16.1. The summed E-state index contributed by atoms with van der Waals surface area (Å²) in [7, 11) is 0. The molecule has 0 aliphatic heterocycles. The van der Waals surface area contributed by atoms with E-state index >= 15 is 0 Å². The summed E-state index contributed by atoms with van der Waals surface area (Å²) in [4.78, 5) is 11.7. The third kappa shape index (κ3) is 2.82. The minimum atomic E-state index is -0.0916. The SMILES string of the molecule is CC(C)CC1CCCC1(C=O)Cc1ccccc1. The largest absolute Gasteiger partial charge is 0.303 e. The van der Waals surface area contributed by atoms with Crippen molar-refractivity contribution in [2.45, 2.75) is 46.0 Å². The van der Waals surface area contributed by atoms with Crippen LogP contribution in [-0.2, 0) is 11.2 Å². The lowest BCUT2D eigenvalue weighted by molar-refractivity contribution is -0.118. The molecule has 98 valence electrons. The van der Waals surface area contributed by atoms with Gasteiger partial charge in [0.25, 0.3) is 0 Å². The van der Waals surface area contributed by atoms with Gasteiger partial charge in [-0.1, -0.05) is 50.6 Å². The lowest BCUT2D eigenvalue weighted by Crippen LogP contribution is -2.31. The van der Waals surface area contributed by atoms with E-state index in [-0.39, 0.29) is 5.41 Å². The van der Waals surface area contributed by atoms with Crippen LogP contribution in [0.15, 0.2) is 30.3 Å². The predicted molar refractivity (Wildman–Crippen MR) is 75.4 cm³/mol. The van der Waals surface area contributed by atoms with Crippen molar-refractivity contribution < 1.29 is 4.79 Å². The lowest BCUT2D eigenvalue weighted by Gasteiger charge is -2.31. The summed E-state index contributed by atoms with van der Waals surface area (Å²) in [5.74, 6) is 1.26. The third-order valence-electron chi connectivity index (χ3n) is 4.37. The van der Waals surface area contributed by atoms with Gasteiger partial charge in [0.15, 0.2) is 0 Å². The summed E-state index contributed by atoms with van der Waals surface area (Å²) in [6, 6.07) is 10.5. The zero-order valence-electron chi connectivity index (χ0n) is 11.6. The molecule has 0 heterocycles. The maximum atomic E-state index is 11.7. The first-order chi connectivity index (χ1) is 8.66. The van der Waals surface area contributed by atoms with E-state index in [4.69, 9.17) is 0 Å². The molecule has 1 aromatic carbocycles. The van der Waals surface area contributed by atoms with Crippen molar-refractivity contribution in [2.75, 3.05) is 0 Å². The average molecular weight is 244 g/mol. The number of aldehydes is 1. The second kappa shape index (κ2) is 5.69. The molecule has 1 aliphatic carbocycles. The van der Waals surface area contributed by atoms with Gasteiger partial charge in [0.2, 0.25) is 0 Å². The Morgan fingerprint density at radius 1 is 1.33 bits per heavy atom. The molecule has 1 aromatic rings. The standard InChI is InChI=1S/C17H24O/c1-14(2)11-16-9-6-10-17(16,13-18)12-15-7-4-3-5-8-15/h3-5,7-8,13-14,16H,6,9-12H2,1-2H3. The highest BCUT2D eigenvalue weighted by Gasteiger charge is 2.42. The van der Waals surface area contributed by atoms with Crippen molar-refractivity contribution in [2.24, 2.45) is 17.3 Å². The van der Waals surface area contributed by atoms with Gasteiger partial charge in [-0.15, -0.1) is 0 Å². The zero-order chi connectivity index (χ0) is 13.0. The maximum absolute atomic E-state index is 11.7. The molecule has 0 saturated heterocycles. The Labute approximate surface area is 111 Å². The minimum Gasteiger partial charge on any atom is -0.303 e. The van der Waals surface area contributed by atoms with Crippen LogP contribution in [-0.4, -0.2) is 6.29 Å². The fraction of sp³-hybridized carbons (Fsp3) is 0.588. The number of benzene rings is 1. The second-order valence-corrected chi connectivity index (χ2v) is 6.23. The number of hydrogen-bond acceptors (Lipinski definition) is 1. The smallest absolute Gasteiger partial charge is 0.126 e. The Bertz CT molecular complexity index is 382. The van der Waals surface area contributed by atoms with Crippen LogP contribution in [0.1, 0.15) is 45.1 Å². The van der Waals surface area contributed by atoms with Crippen LogP contribution in [0.25, 0.3) is 0 Å². The number of carbonyl (C=O) groups excluding carboxylic acids is 1. The van der Waals surface area contributed by atoms with Crippen LogP contribution in [0.5, 0.6) is 0 Å². The van der Waals surface area contributed by atoms with Crippen LogP contribution in [0.2, 0.25) is 0 Å². The molecule has 2 rings (SSSR count). The maximum Gasteiger partial charge on any atom is 0.126 e. The molecule has 1 saturated carbocycles. The average Bonchev–Trinajstić information content (AvgIpc) is 2.73. The van der Waals surface area contributed by atoms with Gasteiger partial charge in [0.1, 0.15) is 6.29 Å². The summed E-state index contributed by atoms with van der Waals surface area (Å²) < 4.78 is 0. The van der Waals surface area contributed by atoms with Gasteiger partial charge in [-0.25, -0.2) is 0 Å². The van der Waals surface area contributed by atoms with Crippen LogP contribution >= 0.6 is 0 Å². The predicted octanol–water partition coefficient (Wildman–Crippen LogP) is 4.26. The van der Waals surface area contributed by atoms with Gasteiger partial charge in [-0.2, -0.15) is 0 Å². The Morgan fingerprint density at radius 3 is 2.67 bits per heavy atom. The van der Waals surface area contributed by atoms with Crippen LogP contribution in [0.4, 0.5) is 0 Å². The topological polar surface area (TPSA) is 17.1 Å². The van der Waals surface area contributed by atoms with E-state index < -0.39 is 0 Å². The van der Waals surface area contributed by atoms with Gasteiger partial charge in [0, 0.05) is 5.41 Å². The van der Waals surface area contributed by atoms with Gasteiger partial charge >= 0.3 is 0 Å². The van der Waals surface area contributed by atoms with E-state index in [0.717, 1.165) is 12.8 Å². The van der Waals surface area contributed by atoms with E-state index in [1.54, 1.807) is 0 Å². The van der Waals surface area contributed by atoms with E-state index in [1.165, 1.54) is 31.1 Å². The van der Waals surface area contributed by atoms with Crippen molar-refractivity contribution >= 4 is 6.29 Å². The van der Waals surface area contributed by atoms with Gasteiger partial charge in [0.05, 0.1) is 0 Å². The lowest BCUT2D eigenvalue weighted by atomic mass is 9.71. The normalized spacial score (nSPS) is 27.6. The summed E-state index contributed by atoms with van der Waals surface area (Å²) >= 11 is 0. The summed E-state index contributed by atoms with van der Waals surface area (Å²) in [5.41, 5.74) is 1.21. The van der Waals surface area contributed by atoms with Crippen LogP contribution in [0.3, 0.4) is 0 Å². The molecular formula is C17H24O. The fourth-order valence-corrected chi connectivity index (χ4v) is 3.50. The number of hydrogen-bond donors (Lipinski definition) is 0. The van der Waals surface area contributed by atoms with E-state index in [9.17, 15) is 4.79 Å². The molecule has 0 spiro atoms. The Morgan fingerprint density at radius 2 is 2.06 bits per heavy atom. The highest BCUT2D eigenvalue weighted by Crippen LogP contribution is 2.47. The molecule has 18 heavy (non-hydrogen) atoms. The van der Waals surface area contributed by atoms with Gasteiger partial charge in [-0.05, 0) is 43.1 Å². The summed E-state index contributed by atoms with van der Waals surface area (Å²) in [6.45, 7) is 4.52. The molecule has 0 amide bonds. The first-order valence-corrected chi connectivity index (χ1v) is 7.16. The van der Waals surface area contributed by atoms with E-state index in [1.807, 2.05) is 6.07 Å². The quantitative estimate of drug-likeness (QED) is 0.707. The summed E-state index contributed by atoms with van der Waals surface area (Å²) in [6.07, 6.45) is 6.88. The number of carbonyl (C=O) groups is 1. The molecule has 1 aliphatic rings. The molecular weight excluding hydrogens is 220 g/mol. The highest BCUT2D eigenvalue weighted by molar-refractivity contribution is 5.61. The van der Waals surface area contributed by atoms with Crippen molar-refractivity contribution in [3.05, 3.63) is 35.9 Å². The molecule has 1 fully saturated rings. The van der Waals surface area contributed by atoms with Crippen molar-refractivity contribution in [3.8, 4) is 0 Å². The van der Waals surface area contributed by atoms with Crippen LogP contribution < -0.4 is 0 Å². The molecule has 0 N–H and O–H groups in total. The Kier molecular flexibility index (Phi) is 4.21. The molecule has 0 radical (unpaired) electrons. The Balaban J connectivity index is 2.16. The zero-order valence-corrected chi connectivity index (χ0v) is 11.6. The molecule has 1 nitrogen and oxygen atoms in total. The molecule has 1 heteroatoms. The molecule has 2 atom stereocenters. The fourth-order valence-electron chi connectivity index (χ4n) is 3.50. The molecule has 0 aromatic heterocycles. The van der Waals surface area contributed by atoms with Crippen molar-refractivity contribution in [3.63, 3.8) is 0 Å². The van der Waals surface area contributed by atoms with Crippen LogP contribution in [0, 0.1) is 17.3 Å². The van der Waals surface area contributed by atoms with Crippen molar-refractivity contribution in [1.29, 1.82) is 0 Å². The first kappa shape index (κ1) is 13.3. The third-order valence-corrected chi connectivity index (χ3v) is 4.37. The summed E-state index contributed by atoms with van der Waals surface area (Å²) in [5, 5.41) is 0. The molecule has 2 unspecified atom stereocenters.